The summed E-state index contributed by atoms with van der Waals surface area (Å²) in [6, 6.07) is 13.4. The normalized spacial score (nSPS) is 16.1. The quantitative estimate of drug-likeness (QED) is 0.385. The third-order valence-corrected chi connectivity index (χ3v) is 5.59. The second kappa shape index (κ2) is 9.54. The Morgan fingerprint density at radius 2 is 2.03 bits per heavy atom. The largest absolute Gasteiger partial charge is 0.490 e. The monoisotopic (exact) mass is 465 g/mol. The number of para-hydroxylation sites is 2. The first-order valence-electron chi connectivity index (χ1n) is 11.0. The van der Waals surface area contributed by atoms with E-state index in [4.69, 9.17) is 30.5 Å². The number of nitrogens with one attached hydrogen (secondary N) is 1. The summed E-state index contributed by atoms with van der Waals surface area (Å²) in [4.78, 5) is 15.7. The van der Waals surface area contributed by atoms with Gasteiger partial charge >= 0.3 is 6.01 Å². The van der Waals surface area contributed by atoms with Crippen LogP contribution in [0.5, 0.6) is 11.5 Å². The molecular formula is C24H24ClN5O3. The molecule has 0 aliphatic carbocycles. The minimum Gasteiger partial charge on any atom is -0.490 e. The van der Waals surface area contributed by atoms with Crippen molar-refractivity contribution in [2.75, 3.05) is 29.9 Å². The zero-order valence-corrected chi connectivity index (χ0v) is 19.0. The Morgan fingerprint density at radius 3 is 2.91 bits per heavy atom. The lowest BCUT2D eigenvalue weighted by molar-refractivity contribution is 0.170. The number of aromatic nitrogens is 3. The zero-order chi connectivity index (χ0) is 22.6. The molecule has 8 nitrogen and oxygen atoms in total. The number of nitrogens with zero attached hydrogens (tertiary/aromatic N) is 4. The van der Waals surface area contributed by atoms with E-state index in [1.807, 2.05) is 31.2 Å². The van der Waals surface area contributed by atoms with E-state index in [0.717, 1.165) is 36.7 Å². The highest BCUT2D eigenvalue weighted by Crippen LogP contribution is 2.30. The van der Waals surface area contributed by atoms with Crippen LogP contribution < -0.4 is 19.7 Å². The molecule has 1 aliphatic heterocycles. The van der Waals surface area contributed by atoms with E-state index in [9.17, 15) is 0 Å². The van der Waals surface area contributed by atoms with E-state index in [1.54, 1.807) is 30.6 Å². The number of hydrogen-bond donors (Lipinski definition) is 1. The number of ether oxygens (including phenoxy) is 2. The number of anilines is 3. The summed E-state index contributed by atoms with van der Waals surface area (Å²) in [5.74, 6) is 2.85. The summed E-state index contributed by atoms with van der Waals surface area (Å²) >= 11 is 6.03. The fourth-order valence-electron chi connectivity index (χ4n) is 3.88. The highest BCUT2D eigenvalue weighted by Gasteiger charge is 2.24. The van der Waals surface area contributed by atoms with Crippen LogP contribution in [0.2, 0.25) is 5.02 Å². The van der Waals surface area contributed by atoms with Gasteiger partial charge in [0.25, 0.3) is 0 Å². The Kier molecular flexibility index (Phi) is 6.17. The molecule has 0 bridgehead atoms. The van der Waals surface area contributed by atoms with Gasteiger partial charge in [-0.1, -0.05) is 23.7 Å². The van der Waals surface area contributed by atoms with Crippen molar-refractivity contribution in [2.24, 2.45) is 0 Å². The van der Waals surface area contributed by atoms with E-state index < -0.39 is 0 Å². The highest BCUT2D eigenvalue weighted by atomic mass is 35.5. The first kappa shape index (κ1) is 21.3. The average molecular weight is 466 g/mol. The van der Waals surface area contributed by atoms with E-state index >= 15 is 0 Å². The number of rotatable bonds is 7. The molecule has 1 unspecified atom stereocenters. The van der Waals surface area contributed by atoms with E-state index in [-0.39, 0.29) is 6.10 Å². The van der Waals surface area contributed by atoms with Crippen LogP contribution in [0.1, 0.15) is 19.8 Å². The zero-order valence-electron chi connectivity index (χ0n) is 18.2. The van der Waals surface area contributed by atoms with Gasteiger partial charge in [0, 0.05) is 11.6 Å². The summed E-state index contributed by atoms with van der Waals surface area (Å²) in [5.41, 5.74) is 1.33. The molecule has 2 aromatic carbocycles. The van der Waals surface area contributed by atoms with Crippen molar-refractivity contribution >= 4 is 40.4 Å². The third-order valence-electron chi connectivity index (χ3n) is 5.35. The lowest BCUT2D eigenvalue weighted by Gasteiger charge is -2.33. The maximum Gasteiger partial charge on any atom is 0.301 e. The van der Waals surface area contributed by atoms with Crippen LogP contribution in [0.15, 0.2) is 59.3 Å². The van der Waals surface area contributed by atoms with Crippen molar-refractivity contribution in [3.8, 4) is 11.5 Å². The SMILES string of the molecule is CCOc1ccccc1OC1CCCN(c2cncc(Nc3nc4cc(Cl)ccc4o3)n2)C1. The summed E-state index contributed by atoms with van der Waals surface area (Å²) < 4.78 is 17.7. The molecule has 1 atom stereocenters. The van der Waals surface area contributed by atoms with Crippen molar-refractivity contribution in [1.29, 1.82) is 0 Å². The number of piperidine rings is 1. The highest BCUT2D eigenvalue weighted by molar-refractivity contribution is 6.31. The van der Waals surface area contributed by atoms with E-state index in [0.29, 0.717) is 41.1 Å². The summed E-state index contributed by atoms with van der Waals surface area (Å²) in [7, 11) is 0. The van der Waals surface area contributed by atoms with E-state index in [1.165, 1.54) is 0 Å². The molecule has 2 aromatic heterocycles. The molecule has 33 heavy (non-hydrogen) atoms. The predicted octanol–water partition coefficient (Wildman–Crippen LogP) is 5.46. The van der Waals surface area contributed by atoms with Gasteiger partial charge in [-0.25, -0.2) is 4.98 Å². The molecule has 3 heterocycles. The number of fused-ring (bicyclic) bond motifs is 1. The summed E-state index contributed by atoms with van der Waals surface area (Å²) in [6.07, 6.45) is 5.39. The van der Waals surface area contributed by atoms with Gasteiger partial charge in [-0.15, -0.1) is 0 Å². The molecule has 0 spiro atoms. The Bertz CT molecular complexity index is 1250. The van der Waals surface area contributed by atoms with Crippen LogP contribution in [0.25, 0.3) is 11.1 Å². The molecule has 5 rings (SSSR count). The first-order chi connectivity index (χ1) is 16.2. The molecule has 170 valence electrons. The topological polar surface area (TPSA) is 85.5 Å². The van der Waals surface area contributed by atoms with Gasteiger partial charge in [-0.2, -0.15) is 4.98 Å². The Morgan fingerprint density at radius 1 is 1.15 bits per heavy atom. The van der Waals surface area contributed by atoms with Crippen molar-refractivity contribution in [1.82, 2.24) is 15.0 Å². The molecule has 1 aliphatic rings. The smallest absolute Gasteiger partial charge is 0.301 e. The van der Waals surface area contributed by atoms with Crippen LogP contribution in [0.4, 0.5) is 17.7 Å². The van der Waals surface area contributed by atoms with Gasteiger partial charge in [0.15, 0.2) is 22.9 Å². The Labute approximate surface area is 196 Å². The predicted molar refractivity (Wildman–Crippen MR) is 128 cm³/mol. The van der Waals surface area contributed by atoms with Crippen LogP contribution in [-0.2, 0) is 0 Å². The van der Waals surface area contributed by atoms with Gasteiger partial charge in [0.05, 0.1) is 25.5 Å². The maximum atomic E-state index is 6.29. The maximum absolute atomic E-state index is 6.29. The van der Waals surface area contributed by atoms with Gasteiger partial charge < -0.3 is 18.8 Å². The van der Waals surface area contributed by atoms with Gasteiger partial charge in [0.2, 0.25) is 0 Å². The number of benzene rings is 2. The first-order valence-corrected chi connectivity index (χ1v) is 11.3. The molecule has 0 radical (unpaired) electrons. The number of oxazole rings is 1. The third kappa shape index (κ3) is 4.96. The molecule has 9 heteroatoms. The minimum atomic E-state index is 0.0283. The number of halogens is 1. The lowest BCUT2D eigenvalue weighted by atomic mass is 10.1. The van der Waals surface area contributed by atoms with Crippen LogP contribution >= 0.6 is 11.6 Å². The van der Waals surface area contributed by atoms with Crippen LogP contribution in [0.3, 0.4) is 0 Å². The van der Waals surface area contributed by atoms with E-state index in [2.05, 4.69) is 20.2 Å². The molecular weight excluding hydrogens is 442 g/mol. The Balaban J connectivity index is 1.29. The molecule has 4 aromatic rings. The van der Waals surface area contributed by atoms with Crippen molar-refractivity contribution in [3.05, 3.63) is 59.9 Å². The van der Waals surface area contributed by atoms with Gasteiger partial charge in [-0.3, -0.25) is 10.3 Å². The van der Waals surface area contributed by atoms with Crippen LogP contribution in [0, 0.1) is 0 Å². The fraction of sp³-hybridized carbons (Fsp3) is 0.292. The molecule has 1 N–H and O–H groups in total. The van der Waals surface area contributed by atoms with Crippen LogP contribution in [-0.4, -0.2) is 40.8 Å². The number of hydrogen-bond acceptors (Lipinski definition) is 8. The summed E-state index contributed by atoms with van der Waals surface area (Å²) in [5, 5.41) is 3.70. The standard InChI is InChI=1S/C24H24ClN5O3/c1-2-31-20-7-3-4-8-21(20)32-17-6-5-11-30(15-17)23-14-26-13-22(28-23)29-24-27-18-12-16(25)9-10-19(18)33-24/h3-4,7-10,12-14,17H,2,5-6,11,15H2,1H3,(H,27,28,29). The minimum absolute atomic E-state index is 0.0283. The lowest BCUT2D eigenvalue weighted by Crippen LogP contribution is -2.41. The molecule has 1 saturated heterocycles. The van der Waals surface area contributed by atoms with Gasteiger partial charge in [0.1, 0.15) is 17.4 Å². The van der Waals surface area contributed by atoms with Crippen molar-refractivity contribution < 1.29 is 13.9 Å². The second-order valence-corrected chi connectivity index (χ2v) is 8.16. The molecule has 0 saturated carbocycles. The molecule has 0 amide bonds. The Hall–Kier alpha value is -3.52. The second-order valence-electron chi connectivity index (χ2n) is 7.73. The van der Waals surface area contributed by atoms with Crippen molar-refractivity contribution in [3.63, 3.8) is 0 Å². The average Bonchev–Trinajstić information content (AvgIpc) is 3.22. The van der Waals surface area contributed by atoms with Gasteiger partial charge in [-0.05, 0) is 50.1 Å². The molecule has 1 fully saturated rings. The fourth-order valence-corrected chi connectivity index (χ4v) is 4.04. The van der Waals surface area contributed by atoms with Crippen molar-refractivity contribution in [2.45, 2.75) is 25.9 Å². The summed E-state index contributed by atoms with van der Waals surface area (Å²) in [6.45, 7) is 4.15.